The fraction of sp³-hybridized carbons (Fsp3) is 0.222. The SMILES string of the molecule is Cc1cccc(Nc2nc(NC(C)C)nc(-c3cccc(Cl)n3)n2)c1. The zero-order valence-electron chi connectivity index (χ0n) is 14.3. The zero-order chi connectivity index (χ0) is 17.8. The zero-order valence-corrected chi connectivity index (χ0v) is 15.0. The molecule has 3 rings (SSSR count). The maximum Gasteiger partial charge on any atom is 0.232 e. The number of aryl methyl sites for hydroxylation is 1. The smallest absolute Gasteiger partial charge is 0.232 e. The number of benzene rings is 1. The standard InChI is InChI=1S/C18H19ClN6/c1-11(2)20-17-23-16(14-8-5-9-15(19)22-14)24-18(25-17)21-13-7-4-6-12(3)10-13/h4-11H,1-3H3,(H2,20,21,23,24,25). The number of pyridine rings is 1. The van der Waals surface area contributed by atoms with Crippen LogP contribution in [0.1, 0.15) is 19.4 Å². The van der Waals surface area contributed by atoms with E-state index in [-0.39, 0.29) is 6.04 Å². The molecule has 128 valence electrons. The molecule has 0 amide bonds. The Bertz CT molecular complexity index is 881. The quantitative estimate of drug-likeness (QED) is 0.659. The van der Waals surface area contributed by atoms with Gasteiger partial charge < -0.3 is 10.6 Å². The molecule has 0 saturated carbocycles. The predicted octanol–water partition coefficient (Wildman–Crippen LogP) is 4.46. The number of aromatic nitrogens is 4. The van der Waals surface area contributed by atoms with E-state index in [0.717, 1.165) is 11.3 Å². The van der Waals surface area contributed by atoms with E-state index in [4.69, 9.17) is 11.6 Å². The van der Waals surface area contributed by atoms with Crippen molar-refractivity contribution in [1.82, 2.24) is 19.9 Å². The van der Waals surface area contributed by atoms with Crippen molar-refractivity contribution in [2.75, 3.05) is 10.6 Å². The summed E-state index contributed by atoms with van der Waals surface area (Å²) in [6.07, 6.45) is 0. The maximum absolute atomic E-state index is 5.99. The monoisotopic (exact) mass is 354 g/mol. The van der Waals surface area contributed by atoms with Crippen molar-refractivity contribution < 1.29 is 0 Å². The molecule has 0 aliphatic rings. The molecular weight excluding hydrogens is 336 g/mol. The van der Waals surface area contributed by atoms with Crippen LogP contribution >= 0.6 is 11.6 Å². The van der Waals surface area contributed by atoms with Crippen LogP contribution in [0.2, 0.25) is 5.15 Å². The van der Waals surface area contributed by atoms with Crippen molar-refractivity contribution in [1.29, 1.82) is 0 Å². The largest absolute Gasteiger partial charge is 0.352 e. The van der Waals surface area contributed by atoms with Gasteiger partial charge in [0.15, 0.2) is 5.82 Å². The highest BCUT2D eigenvalue weighted by atomic mass is 35.5. The molecule has 1 aromatic carbocycles. The summed E-state index contributed by atoms with van der Waals surface area (Å²) < 4.78 is 0. The summed E-state index contributed by atoms with van der Waals surface area (Å²) >= 11 is 5.99. The van der Waals surface area contributed by atoms with Gasteiger partial charge in [0.25, 0.3) is 0 Å². The van der Waals surface area contributed by atoms with Gasteiger partial charge in [-0.1, -0.05) is 29.8 Å². The van der Waals surface area contributed by atoms with Gasteiger partial charge in [-0.05, 0) is 50.6 Å². The van der Waals surface area contributed by atoms with Crippen molar-refractivity contribution in [3.05, 3.63) is 53.2 Å². The Morgan fingerprint density at radius 3 is 2.40 bits per heavy atom. The van der Waals surface area contributed by atoms with Crippen LogP contribution in [-0.4, -0.2) is 26.0 Å². The summed E-state index contributed by atoms with van der Waals surface area (Å²) in [4.78, 5) is 17.7. The highest BCUT2D eigenvalue weighted by Crippen LogP contribution is 2.21. The van der Waals surface area contributed by atoms with E-state index in [2.05, 4.69) is 30.6 Å². The lowest BCUT2D eigenvalue weighted by Crippen LogP contribution is -2.14. The number of anilines is 3. The summed E-state index contributed by atoms with van der Waals surface area (Å²) in [6.45, 7) is 6.08. The Hall–Kier alpha value is -2.73. The van der Waals surface area contributed by atoms with Gasteiger partial charge in [0.2, 0.25) is 11.9 Å². The lowest BCUT2D eigenvalue weighted by molar-refractivity contribution is 0.869. The van der Waals surface area contributed by atoms with E-state index >= 15 is 0 Å². The van der Waals surface area contributed by atoms with Crippen LogP contribution in [0, 0.1) is 6.92 Å². The molecule has 2 heterocycles. The number of nitrogens with one attached hydrogen (secondary N) is 2. The van der Waals surface area contributed by atoms with Crippen molar-refractivity contribution in [3.63, 3.8) is 0 Å². The minimum Gasteiger partial charge on any atom is -0.352 e. The van der Waals surface area contributed by atoms with E-state index in [9.17, 15) is 0 Å². The van der Waals surface area contributed by atoms with Crippen LogP contribution in [0.4, 0.5) is 17.6 Å². The molecule has 0 fully saturated rings. The predicted molar refractivity (Wildman–Crippen MR) is 101 cm³/mol. The first-order valence-electron chi connectivity index (χ1n) is 7.99. The minimum absolute atomic E-state index is 0.189. The first-order chi connectivity index (χ1) is 12.0. The second-order valence-electron chi connectivity index (χ2n) is 5.95. The molecule has 0 aliphatic heterocycles. The Balaban J connectivity index is 2.00. The van der Waals surface area contributed by atoms with Crippen LogP contribution in [0.15, 0.2) is 42.5 Å². The number of rotatable bonds is 5. The molecule has 0 unspecified atom stereocenters. The van der Waals surface area contributed by atoms with Crippen LogP contribution < -0.4 is 10.6 Å². The van der Waals surface area contributed by atoms with E-state index < -0.39 is 0 Å². The lowest BCUT2D eigenvalue weighted by atomic mass is 10.2. The van der Waals surface area contributed by atoms with Gasteiger partial charge in [0.05, 0.1) is 0 Å². The number of nitrogens with zero attached hydrogens (tertiary/aromatic N) is 4. The average molecular weight is 355 g/mol. The van der Waals surface area contributed by atoms with Crippen molar-refractivity contribution in [2.45, 2.75) is 26.8 Å². The minimum atomic E-state index is 0.189. The summed E-state index contributed by atoms with van der Waals surface area (Å²) in [5.74, 6) is 1.38. The molecule has 2 aromatic heterocycles. The molecule has 7 heteroatoms. The molecular formula is C18H19ClN6. The van der Waals surface area contributed by atoms with Crippen molar-refractivity contribution in [3.8, 4) is 11.5 Å². The normalized spacial score (nSPS) is 10.8. The average Bonchev–Trinajstić information content (AvgIpc) is 2.54. The second-order valence-corrected chi connectivity index (χ2v) is 6.33. The van der Waals surface area contributed by atoms with E-state index in [0.29, 0.717) is 28.6 Å². The van der Waals surface area contributed by atoms with Gasteiger partial charge in [-0.2, -0.15) is 15.0 Å². The van der Waals surface area contributed by atoms with Gasteiger partial charge >= 0.3 is 0 Å². The van der Waals surface area contributed by atoms with Crippen molar-refractivity contribution >= 4 is 29.2 Å². The van der Waals surface area contributed by atoms with Crippen LogP contribution in [0.5, 0.6) is 0 Å². The van der Waals surface area contributed by atoms with Crippen molar-refractivity contribution in [2.24, 2.45) is 0 Å². The Morgan fingerprint density at radius 1 is 0.920 bits per heavy atom. The van der Waals surface area contributed by atoms with E-state index in [1.807, 2.05) is 57.2 Å². The van der Waals surface area contributed by atoms with Gasteiger partial charge in [-0.3, -0.25) is 0 Å². The lowest BCUT2D eigenvalue weighted by Gasteiger charge is -2.12. The van der Waals surface area contributed by atoms with Gasteiger partial charge in [-0.15, -0.1) is 0 Å². The molecule has 0 saturated heterocycles. The van der Waals surface area contributed by atoms with Gasteiger partial charge in [0, 0.05) is 11.7 Å². The van der Waals surface area contributed by atoms with Gasteiger partial charge in [0.1, 0.15) is 10.8 Å². The van der Waals surface area contributed by atoms with E-state index in [1.54, 1.807) is 6.07 Å². The van der Waals surface area contributed by atoms with E-state index in [1.165, 1.54) is 0 Å². The topological polar surface area (TPSA) is 75.6 Å². The highest BCUT2D eigenvalue weighted by Gasteiger charge is 2.11. The van der Waals surface area contributed by atoms with Crippen LogP contribution in [0.3, 0.4) is 0 Å². The molecule has 3 aromatic rings. The summed E-state index contributed by atoms with van der Waals surface area (Å²) in [5.41, 5.74) is 2.65. The maximum atomic E-state index is 5.99. The Labute approximate surface area is 151 Å². The molecule has 0 bridgehead atoms. The fourth-order valence-electron chi connectivity index (χ4n) is 2.25. The first kappa shape index (κ1) is 17.1. The van der Waals surface area contributed by atoms with Gasteiger partial charge in [-0.25, -0.2) is 4.98 Å². The number of hydrogen-bond donors (Lipinski definition) is 2. The first-order valence-corrected chi connectivity index (χ1v) is 8.36. The second kappa shape index (κ2) is 7.44. The highest BCUT2D eigenvalue weighted by molar-refractivity contribution is 6.29. The molecule has 0 atom stereocenters. The van der Waals surface area contributed by atoms with Crippen LogP contribution in [-0.2, 0) is 0 Å². The summed E-state index contributed by atoms with van der Waals surface area (Å²) in [6, 6.07) is 13.5. The molecule has 0 aliphatic carbocycles. The Kier molecular flexibility index (Phi) is 5.09. The third-order valence-corrected chi connectivity index (χ3v) is 3.48. The summed E-state index contributed by atoms with van der Waals surface area (Å²) in [5, 5.41) is 6.82. The summed E-state index contributed by atoms with van der Waals surface area (Å²) in [7, 11) is 0. The molecule has 0 radical (unpaired) electrons. The van der Waals surface area contributed by atoms with Crippen LogP contribution in [0.25, 0.3) is 11.5 Å². The Morgan fingerprint density at radius 2 is 1.68 bits per heavy atom. The molecule has 25 heavy (non-hydrogen) atoms. The third kappa shape index (κ3) is 4.64. The number of halogens is 1. The fourth-order valence-corrected chi connectivity index (χ4v) is 2.42. The third-order valence-electron chi connectivity index (χ3n) is 3.27. The molecule has 0 spiro atoms. The molecule has 2 N–H and O–H groups in total. The number of hydrogen-bond acceptors (Lipinski definition) is 6. The molecule has 6 nitrogen and oxygen atoms in total.